The van der Waals surface area contributed by atoms with Crippen LogP contribution in [0.5, 0.6) is 0 Å². The standard InChI is InChI=1S/C17H28BrN3/c1-4-20(5-2)16-8-9-21(12-16)15-7-6-14(10-13(3)19)17(18)11-15/h6-7,11,13,16H,4-5,8-10,12,19H2,1-3H3. The lowest BCUT2D eigenvalue weighted by Crippen LogP contribution is -2.37. The summed E-state index contributed by atoms with van der Waals surface area (Å²) in [6.45, 7) is 11.1. The minimum atomic E-state index is 0.200. The van der Waals surface area contributed by atoms with Crippen LogP contribution >= 0.6 is 15.9 Å². The first-order valence-electron chi connectivity index (χ1n) is 8.08. The first-order chi connectivity index (χ1) is 10.0. The summed E-state index contributed by atoms with van der Waals surface area (Å²) in [6, 6.07) is 7.61. The molecule has 1 aliphatic heterocycles. The average molecular weight is 354 g/mol. The van der Waals surface area contributed by atoms with Crippen molar-refractivity contribution < 1.29 is 0 Å². The third-order valence-electron chi connectivity index (χ3n) is 4.44. The van der Waals surface area contributed by atoms with E-state index in [0.29, 0.717) is 6.04 Å². The molecule has 1 heterocycles. The summed E-state index contributed by atoms with van der Waals surface area (Å²) < 4.78 is 1.18. The molecule has 21 heavy (non-hydrogen) atoms. The number of rotatable bonds is 6. The molecule has 118 valence electrons. The summed E-state index contributed by atoms with van der Waals surface area (Å²) in [5.41, 5.74) is 8.52. The molecule has 0 aliphatic carbocycles. The van der Waals surface area contributed by atoms with Gasteiger partial charge in [-0.15, -0.1) is 0 Å². The van der Waals surface area contributed by atoms with Crippen molar-refractivity contribution in [3.8, 4) is 0 Å². The van der Waals surface area contributed by atoms with Crippen LogP contribution in [0.2, 0.25) is 0 Å². The molecule has 2 unspecified atom stereocenters. The molecular formula is C17H28BrN3. The van der Waals surface area contributed by atoms with Gasteiger partial charge in [-0.1, -0.05) is 35.8 Å². The van der Waals surface area contributed by atoms with E-state index in [2.05, 4.69) is 64.7 Å². The van der Waals surface area contributed by atoms with Gasteiger partial charge in [0.1, 0.15) is 0 Å². The molecule has 2 atom stereocenters. The van der Waals surface area contributed by atoms with E-state index in [1.165, 1.54) is 22.1 Å². The molecule has 0 amide bonds. The second-order valence-electron chi connectivity index (χ2n) is 6.07. The summed E-state index contributed by atoms with van der Waals surface area (Å²) in [4.78, 5) is 5.07. The molecule has 1 aromatic carbocycles. The largest absolute Gasteiger partial charge is 0.370 e. The van der Waals surface area contributed by atoms with Crippen LogP contribution < -0.4 is 10.6 Å². The van der Waals surface area contributed by atoms with E-state index in [9.17, 15) is 0 Å². The second-order valence-corrected chi connectivity index (χ2v) is 6.92. The summed E-state index contributed by atoms with van der Waals surface area (Å²) in [5.74, 6) is 0. The van der Waals surface area contributed by atoms with Gasteiger partial charge in [0, 0.05) is 35.3 Å². The molecule has 1 aromatic rings. The normalized spacial score (nSPS) is 20.3. The number of hydrogen-bond acceptors (Lipinski definition) is 3. The Labute approximate surface area is 137 Å². The number of anilines is 1. The molecule has 0 bridgehead atoms. The zero-order valence-electron chi connectivity index (χ0n) is 13.5. The number of likely N-dealkylation sites (N-methyl/N-ethyl adjacent to an activating group) is 1. The maximum Gasteiger partial charge on any atom is 0.0378 e. The van der Waals surface area contributed by atoms with E-state index >= 15 is 0 Å². The minimum Gasteiger partial charge on any atom is -0.370 e. The molecule has 4 heteroatoms. The van der Waals surface area contributed by atoms with Crippen molar-refractivity contribution >= 4 is 21.6 Å². The van der Waals surface area contributed by atoms with Crippen LogP contribution in [-0.2, 0) is 6.42 Å². The quantitative estimate of drug-likeness (QED) is 0.851. The highest BCUT2D eigenvalue weighted by Crippen LogP contribution is 2.28. The van der Waals surface area contributed by atoms with E-state index < -0.39 is 0 Å². The predicted octanol–water partition coefficient (Wildman–Crippen LogP) is 3.26. The SMILES string of the molecule is CCN(CC)C1CCN(c2ccc(CC(C)N)c(Br)c2)C1. The number of hydrogen-bond donors (Lipinski definition) is 1. The van der Waals surface area contributed by atoms with Crippen LogP contribution in [0.4, 0.5) is 5.69 Å². The van der Waals surface area contributed by atoms with E-state index in [1.54, 1.807) is 0 Å². The van der Waals surface area contributed by atoms with Gasteiger partial charge < -0.3 is 10.6 Å². The lowest BCUT2D eigenvalue weighted by Gasteiger charge is -2.27. The number of benzene rings is 1. The lowest BCUT2D eigenvalue weighted by atomic mass is 10.1. The average Bonchev–Trinajstić information content (AvgIpc) is 2.92. The van der Waals surface area contributed by atoms with Crippen molar-refractivity contribution in [2.24, 2.45) is 5.73 Å². The van der Waals surface area contributed by atoms with Crippen molar-refractivity contribution in [3.63, 3.8) is 0 Å². The molecule has 1 fully saturated rings. The van der Waals surface area contributed by atoms with Crippen LogP contribution in [-0.4, -0.2) is 43.2 Å². The van der Waals surface area contributed by atoms with Crippen molar-refractivity contribution in [2.75, 3.05) is 31.1 Å². The van der Waals surface area contributed by atoms with Gasteiger partial charge in [-0.2, -0.15) is 0 Å². The zero-order valence-corrected chi connectivity index (χ0v) is 15.1. The first-order valence-corrected chi connectivity index (χ1v) is 8.87. The fourth-order valence-corrected chi connectivity index (χ4v) is 3.79. The fraction of sp³-hybridized carbons (Fsp3) is 0.647. The van der Waals surface area contributed by atoms with E-state index in [4.69, 9.17) is 5.73 Å². The molecule has 0 radical (unpaired) electrons. The molecular weight excluding hydrogens is 326 g/mol. The Kier molecular flexibility index (Phi) is 6.08. The number of nitrogens with zero attached hydrogens (tertiary/aromatic N) is 2. The van der Waals surface area contributed by atoms with Gasteiger partial charge in [0.05, 0.1) is 0 Å². The highest BCUT2D eigenvalue weighted by molar-refractivity contribution is 9.10. The monoisotopic (exact) mass is 353 g/mol. The van der Waals surface area contributed by atoms with Gasteiger partial charge in [0.25, 0.3) is 0 Å². The summed E-state index contributed by atoms with van der Waals surface area (Å²) in [5, 5.41) is 0. The predicted molar refractivity (Wildman–Crippen MR) is 95.0 cm³/mol. The molecule has 2 rings (SSSR count). The van der Waals surface area contributed by atoms with Crippen molar-refractivity contribution in [2.45, 2.75) is 45.7 Å². The second kappa shape index (κ2) is 7.61. The van der Waals surface area contributed by atoms with Crippen LogP contribution in [0.15, 0.2) is 22.7 Å². The third-order valence-corrected chi connectivity index (χ3v) is 5.17. The number of halogens is 1. The summed E-state index contributed by atoms with van der Waals surface area (Å²) >= 11 is 3.70. The van der Waals surface area contributed by atoms with Crippen molar-refractivity contribution in [1.82, 2.24) is 4.90 Å². The molecule has 0 aromatic heterocycles. The topological polar surface area (TPSA) is 32.5 Å². The molecule has 0 spiro atoms. The Balaban J connectivity index is 2.05. The third kappa shape index (κ3) is 4.21. The van der Waals surface area contributed by atoms with E-state index in [1.807, 2.05) is 0 Å². The fourth-order valence-electron chi connectivity index (χ4n) is 3.26. The molecule has 0 saturated carbocycles. The highest BCUT2D eigenvalue weighted by Gasteiger charge is 2.26. The number of nitrogens with two attached hydrogens (primary N) is 1. The molecule has 2 N–H and O–H groups in total. The summed E-state index contributed by atoms with van der Waals surface area (Å²) in [7, 11) is 0. The highest BCUT2D eigenvalue weighted by atomic mass is 79.9. The molecule has 1 aliphatic rings. The maximum atomic E-state index is 5.90. The van der Waals surface area contributed by atoms with E-state index in [0.717, 1.165) is 32.6 Å². The van der Waals surface area contributed by atoms with Gasteiger partial charge in [-0.25, -0.2) is 0 Å². The van der Waals surface area contributed by atoms with Crippen molar-refractivity contribution in [3.05, 3.63) is 28.2 Å². The first kappa shape index (κ1) is 16.8. The Morgan fingerprint density at radius 3 is 2.67 bits per heavy atom. The lowest BCUT2D eigenvalue weighted by molar-refractivity contribution is 0.232. The molecule has 1 saturated heterocycles. The van der Waals surface area contributed by atoms with Crippen LogP contribution in [0.3, 0.4) is 0 Å². The van der Waals surface area contributed by atoms with E-state index in [-0.39, 0.29) is 6.04 Å². The maximum absolute atomic E-state index is 5.90. The van der Waals surface area contributed by atoms with Crippen LogP contribution in [0, 0.1) is 0 Å². The van der Waals surface area contributed by atoms with Gasteiger partial charge in [-0.05, 0) is 50.6 Å². The van der Waals surface area contributed by atoms with Gasteiger partial charge in [0.15, 0.2) is 0 Å². The Morgan fingerprint density at radius 1 is 1.38 bits per heavy atom. The Morgan fingerprint density at radius 2 is 2.10 bits per heavy atom. The zero-order chi connectivity index (χ0) is 15.4. The molecule has 3 nitrogen and oxygen atoms in total. The van der Waals surface area contributed by atoms with Crippen LogP contribution in [0.25, 0.3) is 0 Å². The van der Waals surface area contributed by atoms with Gasteiger partial charge >= 0.3 is 0 Å². The summed E-state index contributed by atoms with van der Waals surface area (Å²) in [6.07, 6.45) is 2.18. The van der Waals surface area contributed by atoms with Gasteiger partial charge in [-0.3, -0.25) is 4.90 Å². The minimum absolute atomic E-state index is 0.200. The van der Waals surface area contributed by atoms with Gasteiger partial charge in [0.2, 0.25) is 0 Å². The Bertz CT molecular complexity index is 457. The smallest absolute Gasteiger partial charge is 0.0378 e. The van der Waals surface area contributed by atoms with Crippen LogP contribution in [0.1, 0.15) is 32.8 Å². The van der Waals surface area contributed by atoms with Crippen molar-refractivity contribution in [1.29, 1.82) is 0 Å². The Hall–Kier alpha value is -0.580.